The third-order valence-corrected chi connectivity index (χ3v) is 1.77. The molecule has 5 heteroatoms. The van der Waals surface area contributed by atoms with Gasteiger partial charge < -0.3 is 0 Å². The molecule has 0 fully saturated rings. The first-order valence-corrected chi connectivity index (χ1v) is 3.87. The van der Waals surface area contributed by atoms with E-state index in [4.69, 9.17) is 11.2 Å². The van der Waals surface area contributed by atoms with Crippen molar-refractivity contribution < 1.29 is 14.1 Å². The van der Waals surface area contributed by atoms with Crippen LogP contribution in [0.3, 0.4) is 0 Å². The van der Waals surface area contributed by atoms with Crippen molar-refractivity contribution in [2.45, 2.75) is 12.1 Å². The van der Waals surface area contributed by atoms with E-state index in [0.717, 1.165) is 12.2 Å². The zero-order chi connectivity index (χ0) is 10.6. The predicted octanol–water partition coefficient (Wildman–Crippen LogP) is 1.42. The molecule has 1 atom stereocenters. The maximum atomic E-state index is 12.8. The predicted molar refractivity (Wildman–Crippen MR) is 47.5 cm³/mol. The summed E-state index contributed by atoms with van der Waals surface area (Å²) < 4.78 is 17.7. The lowest BCUT2D eigenvalue weighted by molar-refractivity contribution is -0.612. The lowest BCUT2D eigenvalue weighted by Gasteiger charge is -2.21. The fourth-order valence-electron chi connectivity index (χ4n) is 1.11. The van der Waals surface area contributed by atoms with Crippen LogP contribution in [0.15, 0.2) is 24.1 Å². The second-order valence-electron chi connectivity index (χ2n) is 2.73. The number of terminal acetylenes is 1. The van der Waals surface area contributed by atoms with E-state index in [1.165, 1.54) is 6.08 Å². The molecule has 0 spiro atoms. The van der Waals surface area contributed by atoms with Crippen LogP contribution in [0.2, 0.25) is 0 Å². The molecule has 74 valence electrons. The summed E-state index contributed by atoms with van der Waals surface area (Å²) >= 11 is 0. The number of hydrogen-bond acceptors (Lipinski definition) is 3. The van der Waals surface area contributed by atoms with Crippen LogP contribution in [-0.4, -0.2) is 17.3 Å². The van der Waals surface area contributed by atoms with Crippen LogP contribution in [0, 0.1) is 22.5 Å². The topological polar surface area (TPSA) is 52.4 Å². The molecule has 1 aliphatic carbocycles. The van der Waals surface area contributed by atoms with Gasteiger partial charge in [-0.15, -0.1) is 6.42 Å². The number of halogens is 1. The van der Waals surface area contributed by atoms with E-state index in [1.54, 1.807) is 0 Å². The van der Waals surface area contributed by atoms with E-state index in [9.17, 15) is 14.5 Å². The average Bonchev–Trinajstić information content (AvgIpc) is 2.14. The third kappa shape index (κ3) is 1.98. The first-order valence-electron chi connectivity index (χ1n) is 3.87. The Morgan fingerprint density at radius 3 is 3.07 bits per heavy atom. The summed E-state index contributed by atoms with van der Waals surface area (Å²) in [5, 5.41) is 10.7. The van der Waals surface area contributed by atoms with Crippen molar-refractivity contribution in [3.8, 4) is 12.3 Å². The van der Waals surface area contributed by atoms with Crippen molar-refractivity contribution in [1.82, 2.24) is 0 Å². The standard InChI is InChI=1S/C9H8FNO3/c1-2-6-14-9(11(12)13)5-3-4-8(10)7-9/h1,3-4,7H,5-6H2. The lowest BCUT2D eigenvalue weighted by Crippen LogP contribution is -2.40. The Morgan fingerprint density at radius 1 is 1.86 bits per heavy atom. The van der Waals surface area contributed by atoms with Gasteiger partial charge in [0.1, 0.15) is 12.4 Å². The maximum absolute atomic E-state index is 12.8. The van der Waals surface area contributed by atoms with Gasteiger partial charge in [-0.3, -0.25) is 14.9 Å². The molecule has 0 saturated carbocycles. The Labute approximate surface area is 80.2 Å². The molecule has 0 aromatic heterocycles. The largest absolute Gasteiger partial charge is 0.351 e. The lowest BCUT2D eigenvalue weighted by atomic mass is 10.0. The van der Waals surface area contributed by atoms with Crippen LogP contribution >= 0.6 is 0 Å². The summed E-state index contributed by atoms with van der Waals surface area (Å²) in [6.07, 6.45) is 8.21. The molecular formula is C9H8FNO3. The number of rotatable bonds is 3. The highest BCUT2D eigenvalue weighted by molar-refractivity contribution is 5.21. The molecule has 0 aromatic rings. The van der Waals surface area contributed by atoms with Gasteiger partial charge in [0.05, 0.1) is 17.4 Å². The minimum atomic E-state index is -1.84. The Kier molecular flexibility index (Phi) is 2.99. The number of nitrogens with zero attached hydrogens (tertiary/aromatic N) is 1. The minimum absolute atomic E-state index is 0.0188. The van der Waals surface area contributed by atoms with Gasteiger partial charge in [-0.1, -0.05) is 12.0 Å². The zero-order valence-electron chi connectivity index (χ0n) is 7.27. The van der Waals surface area contributed by atoms with Gasteiger partial charge in [-0.25, -0.2) is 4.39 Å². The zero-order valence-corrected chi connectivity index (χ0v) is 7.27. The van der Waals surface area contributed by atoms with E-state index in [1.807, 2.05) is 0 Å². The fraction of sp³-hybridized carbons (Fsp3) is 0.333. The summed E-state index contributed by atoms with van der Waals surface area (Å²) in [5.74, 6) is 1.42. The molecule has 0 amide bonds. The second kappa shape index (κ2) is 4.03. The van der Waals surface area contributed by atoms with Crippen molar-refractivity contribution in [2.24, 2.45) is 0 Å². The minimum Gasteiger partial charge on any atom is -0.298 e. The van der Waals surface area contributed by atoms with Crippen LogP contribution in [0.4, 0.5) is 4.39 Å². The summed E-state index contributed by atoms with van der Waals surface area (Å²) in [6, 6.07) is 0. The molecule has 0 saturated heterocycles. The van der Waals surface area contributed by atoms with Gasteiger partial charge in [0, 0.05) is 0 Å². The Bertz CT molecular complexity index is 342. The smallest absolute Gasteiger partial charge is 0.298 e. The quantitative estimate of drug-likeness (QED) is 0.297. The molecule has 0 radical (unpaired) electrons. The summed E-state index contributed by atoms with van der Waals surface area (Å²) in [5.41, 5.74) is -1.84. The molecule has 0 heterocycles. The van der Waals surface area contributed by atoms with Gasteiger partial charge in [-0.05, 0) is 6.08 Å². The highest BCUT2D eigenvalue weighted by Gasteiger charge is 2.42. The SMILES string of the molecule is C#CCOC1([N+](=O)[O-])C=C(F)C=CC1. The highest BCUT2D eigenvalue weighted by Crippen LogP contribution is 2.26. The van der Waals surface area contributed by atoms with Crippen molar-refractivity contribution >= 4 is 0 Å². The fourth-order valence-corrected chi connectivity index (χ4v) is 1.11. The first-order chi connectivity index (χ1) is 6.60. The second-order valence-corrected chi connectivity index (χ2v) is 2.73. The average molecular weight is 197 g/mol. The van der Waals surface area contributed by atoms with Crippen LogP contribution in [0.25, 0.3) is 0 Å². The molecule has 0 N–H and O–H groups in total. The Hall–Kier alpha value is -1.67. The molecular weight excluding hydrogens is 189 g/mol. The molecule has 0 bridgehead atoms. The van der Waals surface area contributed by atoms with Gasteiger partial charge in [0.15, 0.2) is 0 Å². The highest BCUT2D eigenvalue weighted by atomic mass is 19.1. The molecule has 14 heavy (non-hydrogen) atoms. The van der Waals surface area contributed by atoms with Crippen molar-refractivity contribution in [2.75, 3.05) is 6.61 Å². The van der Waals surface area contributed by atoms with Crippen molar-refractivity contribution in [3.63, 3.8) is 0 Å². The first kappa shape index (κ1) is 10.4. The normalized spacial score (nSPS) is 25.3. The van der Waals surface area contributed by atoms with E-state index in [2.05, 4.69) is 5.92 Å². The van der Waals surface area contributed by atoms with Gasteiger partial charge in [0.25, 0.3) is 0 Å². The van der Waals surface area contributed by atoms with Crippen LogP contribution in [0.1, 0.15) is 6.42 Å². The third-order valence-electron chi connectivity index (χ3n) is 1.77. The number of hydrogen-bond donors (Lipinski definition) is 0. The van der Waals surface area contributed by atoms with Crippen molar-refractivity contribution in [3.05, 3.63) is 34.2 Å². The van der Waals surface area contributed by atoms with Gasteiger partial charge in [0.2, 0.25) is 0 Å². The Morgan fingerprint density at radius 2 is 2.57 bits per heavy atom. The van der Waals surface area contributed by atoms with Gasteiger partial charge >= 0.3 is 5.72 Å². The van der Waals surface area contributed by atoms with Crippen LogP contribution < -0.4 is 0 Å². The molecule has 4 nitrogen and oxygen atoms in total. The van der Waals surface area contributed by atoms with E-state index >= 15 is 0 Å². The van der Waals surface area contributed by atoms with E-state index < -0.39 is 16.5 Å². The summed E-state index contributed by atoms with van der Waals surface area (Å²) in [7, 11) is 0. The van der Waals surface area contributed by atoms with Crippen LogP contribution in [0.5, 0.6) is 0 Å². The summed E-state index contributed by atoms with van der Waals surface area (Å²) in [4.78, 5) is 10.0. The van der Waals surface area contributed by atoms with Gasteiger partial charge in [-0.2, -0.15) is 0 Å². The van der Waals surface area contributed by atoms with E-state index in [-0.39, 0.29) is 13.0 Å². The summed E-state index contributed by atoms with van der Waals surface area (Å²) in [6.45, 7) is -0.224. The molecule has 0 aromatic carbocycles. The molecule has 0 aliphatic heterocycles. The monoisotopic (exact) mass is 197 g/mol. The molecule has 1 rings (SSSR count). The van der Waals surface area contributed by atoms with E-state index in [0.29, 0.717) is 0 Å². The number of ether oxygens (including phenoxy) is 1. The molecule has 1 aliphatic rings. The van der Waals surface area contributed by atoms with Crippen molar-refractivity contribution in [1.29, 1.82) is 0 Å². The maximum Gasteiger partial charge on any atom is 0.351 e. The van der Waals surface area contributed by atoms with Crippen LogP contribution in [-0.2, 0) is 4.74 Å². The number of nitro groups is 1. The number of allylic oxidation sites excluding steroid dienone is 2. The Balaban J connectivity index is 2.90. The molecule has 1 unspecified atom stereocenters.